The summed E-state index contributed by atoms with van der Waals surface area (Å²) in [4.78, 5) is 0. The first-order chi connectivity index (χ1) is 3.25. The van der Waals surface area contributed by atoms with Crippen molar-refractivity contribution in [2.24, 2.45) is 0 Å². The number of hydrogen-bond donors (Lipinski definition) is 3. The summed E-state index contributed by atoms with van der Waals surface area (Å²) in [6, 6.07) is 0. The average Bonchev–Trinajstić information content (AvgIpc) is 1.25. The molecule has 0 aromatic carbocycles. The van der Waals surface area contributed by atoms with Crippen molar-refractivity contribution < 1.29 is 15.3 Å². The highest BCUT2D eigenvalue weighted by Gasteiger charge is 2.37. The molecule has 8 heavy (non-hydrogen) atoms. The van der Waals surface area contributed by atoms with Crippen molar-refractivity contribution in [3.63, 3.8) is 0 Å². The van der Waals surface area contributed by atoms with Gasteiger partial charge in [-0.1, -0.05) is 19.6 Å². The van der Waals surface area contributed by atoms with Crippen LogP contribution in [0.25, 0.3) is 0 Å². The largest absolute Gasteiger partial charge is 0.348 e. The minimum Gasteiger partial charge on any atom is -0.348 e. The molecule has 0 radical (unpaired) electrons. The van der Waals surface area contributed by atoms with E-state index in [0.29, 0.717) is 0 Å². The number of aliphatic hydroxyl groups is 3. The van der Waals surface area contributed by atoms with Gasteiger partial charge in [0.15, 0.2) is 8.07 Å². The zero-order chi connectivity index (χ0) is 7.00. The van der Waals surface area contributed by atoms with E-state index in [1.54, 1.807) is 19.6 Å². The van der Waals surface area contributed by atoms with Crippen LogP contribution in [0.4, 0.5) is 0 Å². The molecule has 0 spiro atoms. The van der Waals surface area contributed by atoms with Crippen molar-refractivity contribution in [3.05, 3.63) is 0 Å². The van der Waals surface area contributed by atoms with Gasteiger partial charge in [0.25, 0.3) is 0 Å². The summed E-state index contributed by atoms with van der Waals surface area (Å²) in [6.07, 6.45) is 0. The van der Waals surface area contributed by atoms with Gasteiger partial charge in [-0.2, -0.15) is 0 Å². The molecule has 0 saturated carbocycles. The fourth-order valence-corrected chi connectivity index (χ4v) is 0. The van der Waals surface area contributed by atoms with Crippen molar-refractivity contribution in [2.75, 3.05) is 0 Å². The fourth-order valence-electron chi connectivity index (χ4n) is 0. The van der Waals surface area contributed by atoms with Crippen molar-refractivity contribution in [1.29, 1.82) is 0 Å². The minimum absolute atomic E-state index is 1.66. The van der Waals surface area contributed by atoms with Gasteiger partial charge in [-0.15, -0.1) is 0 Å². The third-order valence-electron chi connectivity index (χ3n) is 1.01. The summed E-state index contributed by atoms with van der Waals surface area (Å²) in [5.41, 5.74) is -2.42. The van der Waals surface area contributed by atoms with E-state index in [2.05, 4.69) is 0 Å². The first-order valence-corrected chi connectivity index (χ1v) is 5.92. The Labute approximate surface area is 49.6 Å². The highest BCUT2D eigenvalue weighted by atomic mass is 28.3. The van der Waals surface area contributed by atoms with Crippen LogP contribution in [0.3, 0.4) is 0 Å². The minimum atomic E-state index is -2.42. The van der Waals surface area contributed by atoms with Gasteiger partial charge in [0, 0.05) is 0 Å². The van der Waals surface area contributed by atoms with Gasteiger partial charge >= 0.3 is 0 Å². The molecule has 3 N–H and O–H groups in total. The van der Waals surface area contributed by atoms with Crippen LogP contribution in [0, 0.1) is 0 Å². The molecule has 0 aliphatic heterocycles. The standard InChI is InChI=1S/C4H12O3Si/c1-8(2,3)4(5,6)7/h5-7H,1-3H3. The number of hydrogen-bond acceptors (Lipinski definition) is 3. The molecule has 0 saturated heterocycles. The molecule has 0 fully saturated rings. The van der Waals surface area contributed by atoms with Gasteiger partial charge in [-0.05, 0) is 0 Å². The molecule has 4 heteroatoms. The van der Waals surface area contributed by atoms with E-state index in [0.717, 1.165) is 0 Å². The van der Waals surface area contributed by atoms with E-state index < -0.39 is 13.7 Å². The smallest absolute Gasteiger partial charge is 0.248 e. The summed E-state index contributed by atoms with van der Waals surface area (Å²) in [7, 11) is -2.19. The highest BCUT2D eigenvalue weighted by molar-refractivity contribution is 6.77. The summed E-state index contributed by atoms with van der Waals surface area (Å²) in [6.45, 7) is 4.98. The Morgan fingerprint density at radius 2 is 1.12 bits per heavy atom. The molecule has 0 aromatic heterocycles. The lowest BCUT2D eigenvalue weighted by Gasteiger charge is -2.26. The molecule has 0 atom stereocenters. The Kier molecular flexibility index (Phi) is 1.82. The van der Waals surface area contributed by atoms with Crippen LogP contribution < -0.4 is 0 Å². The van der Waals surface area contributed by atoms with Crippen LogP contribution in [0.1, 0.15) is 0 Å². The maximum Gasteiger partial charge on any atom is 0.248 e. The molecule has 0 aromatic rings. The van der Waals surface area contributed by atoms with Gasteiger partial charge in [0.2, 0.25) is 5.60 Å². The molecule has 0 amide bonds. The Balaban J connectivity index is 4.02. The quantitative estimate of drug-likeness (QED) is 0.336. The summed E-state index contributed by atoms with van der Waals surface area (Å²) >= 11 is 0. The SMILES string of the molecule is C[Si](C)(C)C(O)(O)O. The first kappa shape index (κ1) is 8.10. The van der Waals surface area contributed by atoms with E-state index in [1.165, 1.54) is 0 Å². The molecule has 0 aliphatic rings. The lowest BCUT2D eigenvalue weighted by atomic mass is 11.3. The van der Waals surface area contributed by atoms with E-state index in [1.807, 2.05) is 0 Å². The predicted molar refractivity (Wildman–Crippen MR) is 32.7 cm³/mol. The molecule has 50 valence electrons. The Morgan fingerprint density at radius 1 is 1.00 bits per heavy atom. The van der Waals surface area contributed by atoms with E-state index in [4.69, 9.17) is 15.3 Å². The first-order valence-electron chi connectivity index (χ1n) is 2.42. The second-order valence-corrected chi connectivity index (χ2v) is 8.06. The van der Waals surface area contributed by atoms with E-state index in [-0.39, 0.29) is 0 Å². The van der Waals surface area contributed by atoms with Gasteiger partial charge in [-0.25, -0.2) is 0 Å². The van der Waals surface area contributed by atoms with Crippen LogP contribution in [0.15, 0.2) is 0 Å². The van der Waals surface area contributed by atoms with Gasteiger partial charge in [0.1, 0.15) is 0 Å². The van der Waals surface area contributed by atoms with Crippen molar-refractivity contribution in [2.45, 2.75) is 25.2 Å². The molecular formula is C4H12O3Si. The van der Waals surface area contributed by atoms with Crippen molar-refractivity contribution >= 4 is 8.07 Å². The van der Waals surface area contributed by atoms with E-state index in [9.17, 15) is 0 Å². The summed E-state index contributed by atoms with van der Waals surface area (Å²) in [5.74, 6) is 0. The Hall–Kier alpha value is 0.0969. The maximum absolute atomic E-state index is 8.53. The number of rotatable bonds is 1. The Morgan fingerprint density at radius 3 is 1.12 bits per heavy atom. The molecule has 0 aliphatic carbocycles. The van der Waals surface area contributed by atoms with Crippen LogP contribution in [-0.2, 0) is 0 Å². The molecule has 0 rings (SSSR count). The lowest BCUT2D eigenvalue weighted by molar-refractivity contribution is -0.252. The summed E-state index contributed by atoms with van der Waals surface area (Å²) < 4.78 is 0. The molecule has 0 bridgehead atoms. The van der Waals surface area contributed by atoms with Gasteiger partial charge < -0.3 is 15.3 Å². The Bertz CT molecular complexity index is 66.3. The fraction of sp³-hybridized carbons (Fsp3) is 1.00. The van der Waals surface area contributed by atoms with Crippen LogP contribution in [0.5, 0.6) is 0 Å². The van der Waals surface area contributed by atoms with Crippen LogP contribution in [0.2, 0.25) is 19.6 Å². The molecule has 0 heterocycles. The maximum atomic E-state index is 8.53. The lowest BCUT2D eigenvalue weighted by Crippen LogP contribution is -2.52. The second kappa shape index (κ2) is 1.80. The monoisotopic (exact) mass is 136 g/mol. The molecule has 0 unspecified atom stereocenters. The molecular weight excluding hydrogens is 124 g/mol. The predicted octanol–water partition coefficient (Wildman–Crippen LogP) is -0.506. The topological polar surface area (TPSA) is 60.7 Å². The van der Waals surface area contributed by atoms with Crippen molar-refractivity contribution in [3.8, 4) is 0 Å². The van der Waals surface area contributed by atoms with Gasteiger partial charge in [0.05, 0.1) is 0 Å². The van der Waals surface area contributed by atoms with E-state index >= 15 is 0 Å². The van der Waals surface area contributed by atoms with Gasteiger partial charge in [-0.3, -0.25) is 0 Å². The molecule has 3 nitrogen and oxygen atoms in total. The van der Waals surface area contributed by atoms with Crippen molar-refractivity contribution in [1.82, 2.24) is 0 Å². The third-order valence-corrected chi connectivity index (χ3v) is 3.02. The van der Waals surface area contributed by atoms with Crippen LogP contribution in [-0.4, -0.2) is 29.0 Å². The summed E-state index contributed by atoms with van der Waals surface area (Å²) in [5, 5.41) is 25.6. The average molecular weight is 136 g/mol. The highest BCUT2D eigenvalue weighted by Crippen LogP contribution is 2.12. The third kappa shape index (κ3) is 1.91. The van der Waals surface area contributed by atoms with Crippen LogP contribution >= 0.6 is 0 Å². The normalized spacial score (nSPS) is 14.2. The zero-order valence-electron chi connectivity index (χ0n) is 5.34. The zero-order valence-corrected chi connectivity index (χ0v) is 6.34. The second-order valence-electron chi connectivity index (χ2n) is 2.89.